The number of nitrogens with zero attached hydrogens (tertiary/aromatic N) is 4. The second kappa shape index (κ2) is 7.36. The van der Waals surface area contributed by atoms with E-state index in [0.717, 1.165) is 16.8 Å². The zero-order chi connectivity index (χ0) is 19.8. The van der Waals surface area contributed by atoms with E-state index in [9.17, 15) is 9.90 Å². The average molecular weight is 420 g/mol. The molecule has 144 valence electrons. The van der Waals surface area contributed by atoms with Gasteiger partial charge in [0.1, 0.15) is 18.4 Å². The van der Waals surface area contributed by atoms with Crippen molar-refractivity contribution in [2.75, 3.05) is 19.8 Å². The van der Waals surface area contributed by atoms with Crippen molar-refractivity contribution >= 4 is 40.0 Å². The lowest BCUT2D eigenvalue weighted by molar-refractivity contribution is -0.135. The normalized spacial score (nSPS) is 13.4. The van der Waals surface area contributed by atoms with Crippen LogP contribution in [0.2, 0.25) is 10.0 Å². The minimum absolute atomic E-state index is 0.145. The Balaban J connectivity index is 2.03. The van der Waals surface area contributed by atoms with Gasteiger partial charge in [-0.25, -0.2) is 0 Å². The van der Waals surface area contributed by atoms with Crippen LogP contribution in [-0.4, -0.2) is 50.4 Å². The van der Waals surface area contributed by atoms with E-state index in [2.05, 4.69) is 10.2 Å². The molecule has 3 aromatic rings. The van der Waals surface area contributed by atoms with E-state index >= 15 is 0 Å². The molecule has 1 amide bonds. The van der Waals surface area contributed by atoms with E-state index in [1.165, 1.54) is 0 Å². The fourth-order valence-corrected chi connectivity index (χ4v) is 4.07. The number of hydrogen-bond donors (Lipinski definition) is 2. The van der Waals surface area contributed by atoms with Crippen molar-refractivity contribution in [3.63, 3.8) is 0 Å². The fraction of sp³-hybridized carbons (Fsp3) is 0.278. The third-order valence-corrected chi connectivity index (χ3v) is 5.57. The molecule has 2 N–H and O–H groups in total. The summed E-state index contributed by atoms with van der Waals surface area (Å²) in [6.45, 7) is 0.504. The lowest BCUT2D eigenvalue weighted by Crippen LogP contribution is -2.39. The molecular formula is C18H15Cl2N5O3. The molecule has 0 radical (unpaired) electrons. The highest BCUT2D eigenvalue weighted by atomic mass is 35.5. The van der Waals surface area contributed by atoms with E-state index in [1.54, 1.807) is 23.4 Å². The third kappa shape index (κ3) is 2.88. The molecular weight excluding hydrogens is 405 g/mol. The summed E-state index contributed by atoms with van der Waals surface area (Å²) in [5, 5.41) is 26.4. The number of benzene rings is 1. The van der Waals surface area contributed by atoms with Crippen molar-refractivity contribution in [1.29, 1.82) is 5.26 Å². The average Bonchev–Trinajstić information content (AvgIpc) is 3.34. The maximum absolute atomic E-state index is 12.1. The Hall–Kier alpha value is -2.73. The first-order valence-electron chi connectivity index (χ1n) is 8.47. The number of H-pyrrole nitrogens is 1. The number of ether oxygens (including phenoxy) is 1. The molecule has 0 aliphatic carbocycles. The molecule has 0 spiro atoms. The van der Waals surface area contributed by atoms with E-state index in [1.807, 2.05) is 10.6 Å². The first-order chi connectivity index (χ1) is 13.6. The molecule has 0 saturated carbocycles. The zero-order valence-corrected chi connectivity index (χ0v) is 16.1. The predicted molar refractivity (Wildman–Crippen MR) is 103 cm³/mol. The Bertz CT molecular complexity index is 1100. The molecule has 1 aromatic carbocycles. The number of carbonyl (C=O) groups is 1. The largest absolute Gasteiger partial charge is 0.478 e. The number of amides is 1. The van der Waals surface area contributed by atoms with Gasteiger partial charge in [-0.3, -0.25) is 9.89 Å². The minimum Gasteiger partial charge on any atom is -0.478 e. The number of carbonyl (C=O) groups excluding carboxylic acids is 1. The number of aliphatic hydroxyl groups is 1. The van der Waals surface area contributed by atoms with Crippen LogP contribution in [0.15, 0.2) is 18.5 Å². The molecule has 1 aliphatic heterocycles. The van der Waals surface area contributed by atoms with Gasteiger partial charge in [0.25, 0.3) is 0 Å². The minimum atomic E-state index is -0.551. The Morgan fingerprint density at radius 1 is 1.43 bits per heavy atom. The second-order valence-corrected chi connectivity index (χ2v) is 7.06. The van der Waals surface area contributed by atoms with Crippen LogP contribution in [0.25, 0.3) is 22.0 Å². The standard InChI is InChI=1S/C18H15Cl2N5O3/c19-11-5-13(28-4-1-21)16-15(10-6-22-23-7-10)12-8-24(14(27)9-26)2-3-25(12)18(16)17(11)20/h5-7,26H,2-4,8-9H2,(H,22,23). The summed E-state index contributed by atoms with van der Waals surface area (Å²) in [5.41, 5.74) is 3.10. The van der Waals surface area contributed by atoms with Crippen molar-refractivity contribution < 1.29 is 14.6 Å². The molecule has 1 aliphatic rings. The Labute approximate surface area is 169 Å². The first kappa shape index (κ1) is 18.6. The van der Waals surface area contributed by atoms with Gasteiger partial charge in [0, 0.05) is 42.2 Å². The van der Waals surface area contributed by atoms with Crippen LogP contribution < -0.4 is 4.74 Å². The number of aliphatic hydroxyl groups excluding tert-OH is 1. The van der Waals surface area contributed by atoms with Crippen molar-refractivity contribution in [3.05, 3.63) is 34.2 Å². The van der Waals surface area contributed by atoms with E-state index in [0.29, 0.717) is 46.3 Å². The van der Waals surface area contributed by atoms with Crippen LogP contribution in [0.3, 0.4) is 0 Å². The van der Waals surface area contributed by atoms with E-state index in [-0.39, 0.29) is 12.5 Å². The van der Waals surface area contributed by atoms with Crippen molar-refractivity contribution in [2.24, 2.45) is 0 Å². The maximum atomic E-state index is 12.1. The van der Waals surface area contributed by atoms with Crippen molar-refractivity contribution in [1.82, 2.24) is 19.7 Å². The van der Waals surface area contributed by atoms with Gasteiger partial charge >= 0.3 is 0 Å². The molecule has 0 atom stereocenters. The maximum Gasteiger partial charge on any atom is 0.248 e. The highest BCUT2D eigenvalue weighted by molar-refractivity contribution is 6.45. The highest BCUT2D eigenvalue weighted by Gasteiger charge is 2.30. The van der Waals surface area contributed by atoms with Crippen LogP contribution in [0.4, 0.5) is 0 Å². The Kier molecular flexibility index (Phi) is 4.89. The molecule has 0 bridgehead atoms. The Morgan fingerprint density at radius 2 is 2.25 bits per heavy atom. The van der Waals surface area contributed by atoms with Crippen LogP contribution in [0, 0.1) is 11.3 Å². The SMILES string of the molecule is N#CCOc1cc(Cl)c(Cl)c2c1c(-c1cn[nH]c1)c1n2CCN(C(=O)CO)C1. The molecule has 8 nitrogen and oxygen atoms in total. The van der Waals surface area contributed by atoms with Crippen molar-refractivity contribution in [2.45, 2.75) is 13.1 Å². The number of hydrogen-bond acceptors (Lipinski definition) is 5. The summed E-state index contributed by atoms with van der Waals surface area (Å²) in [6.07, 6.45) is 3.40. The van der Waals surface area contributed by atoms with Crippen molar-refractivity contribution in [3.8, 4) is 22.9 Å². The van der Waals surface area contributed by atoms with Gasteiger partial charge in [0.05, 0.1) is 33.7 Å². The van der Waals surface area contributed by atoms with Crippen LogP contribution in [-0.2, 0) is 17.9 Å². The molecule has 0 fully saturated rings. The molecule has 0 saturated heterocycles. The Morgan fingerprint density at radius 3 is 2.93 bits per heavy atom. The summed E-state index contributed by atoms with van der Waals surface area (Å²) in [4.78, 5) is 13.6. The summed E-state index contributed by atoms with van der Waals surface area (Å²) in [5.74, 6) is 0.0869. The van der Waals surface area contributed by atoms with Gasteiger partial charge in [-0.1, -0.05) is 23.2 Å². The summed E-state index contributed by atoms with van der Waals surface area (Å²) < 4.78 is 7.65. The van der Waals surface area contributed by atoms with E-state index in [4.69, 9.17) is 33.2 Å². The molecule has 10 heteroatoms. The fourth-order valence-electron chi connectivity index (χ4n) is 3.63. The van der Waals surface area contributed by atoms with Gasteiger partial charge in [0.2, 0.25) is 5.91 Å². The highest BCUT2D eigenvalue weighted by Crippen LogP contribution is 2.46. The molecule has 28 heavy (non-hydrogen) atoms. The number of rotatable bonds is 4. The van der Waals surface area contributed by atoms with Crippen LogP contribution >= 0.6 is 23.2 Å². The molecule has 4 rings (SSSR count). The molecule has 0 unspecified atom stereocenters. The van der Waals surface area contributed by atoms with Gasteiger partial charge < -0.3 is 19.3 Å². The van der Waals surface area contributed by atoms with Gasteiger partial charge in [-0.2, -0.15) is 10.4 Å². The van der Waals surface area contributed by atoms with Gasteiger partial charge in [-0.05, 0) is 0 Å². The smallest absolute Gasteiger partial charge is 0.248 e. The zero-order valence-electron chi connectivity index (χ0n) is 14.6. The second-order valence-electron chi connectivity index (χ2n) is 6.27. The van der Waals surface area contributed by atoms with Crippen LogP contribution in [0.1, 0.15) is 5.69 Å². The number of aromatic nitrogens is 3. The topological polar surface area (TPSA) is 107 Å². The van der Waals surface area contributed by atoms with Gasteiger partial charge in [0.15, 0.2) is 6.61 Å². The summed E-state index contributed by atoms with van der Waals surface area (Å²) in [7, 11) is 0. The number of aromatic amines is 1. The third-order valence-electron chi connectivity index (χ3n) is 4.79. The lowest BCUT2D eigenvalue weighted by Gasteiger charge is -2.29. The summed E-state index contributed by atoms with van der Waals surface area (Å²) in [6, 6.07) is 3.55. The predicted octanol–water partition coefficient (Wildman–Crippen LogP) is 2.58. The number of nitriles is 1. The summed E-state index contributed by atoms with van der Waals surface area (Å²) >= 11 is 12.9. The number of nitrogens with one attached hydrogen (secondary N) is 1. The van der Waals surface area contributed by atoms with Gasteiger partial charge in [-0.15, -0.1) is 0 Å². The monoisotopic (exact) mass is 419 g/mol. The first-order valence-corrected chi connectivity index (χ1v) is 9.23. The number of fused-ring (bicyclic) bond motifs is 3. The quantitative estimate of drug-likeness (QED) is 0.675. The van der Waals surface area contributed by atoms with Crippen LogP contribution in [0.5, 0.6) is 5.75 Å². The van der Waals surface area contributed by atoms with E-state index < -0.39 is 6.61 Å². The lowest BCUT2D eigenvalue weighted by atomic mass is 10.0. The molecule has 2 aromatic heterocycles. The molecule has 3 heterocycles. The number of halogens is 2.